The van der Waals surface area contributed by atoms with E-state index in [0.29, 0.717) is 0 Å². The zero-order valence-electron chi connectivity index (χ0n) is 6.77. The molecule has 1 heteroatoms. The van der Waals surface area contributed by atoms with E-state index < -0.39 is 0 Å². The predicted molar refractivity (Wildman–Crippen MR) is 45.1 cm³/mol. The van der Waals surface area contributed by atoms with Crippen LogP contribution < -0.4 is 5.32 Å². The van der Waals surface area contributed by atoms with E-state index in [4.69, 9.17) is 0 Å². The first-order valence-corrected chi connectivity index (χ1v) is 4.32. The van der Waals surface area contributed by atoms with Crippen LogP contribution in [0, 0.1) is 0 Å². The first-order valence-electron chi connectivity index (χ1n) is 4.32. The minimum atomic E-state index is 0.780. The summed E-state index contributed by atoms with van der Waals surface area (Å²) in [5.74, 6) is 0. The zero-order valence-corrected chi connectivity index (χ0v) is 6.77. The molecule has 0 aromatic carbocycles. The molecule has 1 fully saturated rings. The van der Waals surface area contributed by atoms with E-state index in [1.165, 1.54) is 32.2 Å². The van der Waals surface area contributed by atoms with Crippen molar-refractivity contribution >= 4 is 0 Å². The molecule has 1 nitrogen and oxygen atoms in total. The molecule has 1 atom stereocenters. The molecule has 1 N–H and O–H groups in total. The van der Waals surface area contributed by atoms with Crippen LogP contribution in [0.4, 0.5) is 0 Å². The highest BCUT2D eigenvalue weighted by Gasteiger charge is 2.10. The van der Waals surface area contributed by atoms with Crippen molar-refractivity contribution in [3.8, 4) is 0 Å². The summed E-state index contributed by atoms with van der Waals surface area (Å²) in [5.41, 5.74) is 0. The minimum Gasteiger partial charge on any atom is -0.314 e. The Bertz CT molecular complexity index is 101. The second-order valence-corrected chi connectivity index (χ2v) is 2.91. The van der Waals surface area contributed by atoms with Crippen molar-refractivity contribution in [1.29, 1.82) is 0 Å². The Morgan fingerprint density at radius 2 is 2.40 bits per heavy atom. The zero-order chi connectivity index (χ0) is 7.23. The molecular weight excluding hydrogens is 122 g/mol. The molecule has 0 amide bonds. The lowest BCUT2D eigenvalue weighted by molar-refractivity contribution is 0.614. The van der Waals surface area contributed by atoms with Gasteiger partial charge in [-0.15, -0.1) is 0 Å². The van der Waals surface area contributed by atoms with E-state index in [2.05, 4.69) is 24.4 Å². The van der Waals surface area contributed by atoms with Crippen LogP contribution in [0.3, 0.4) is 0 Å². The fourth-order valence-electron chi connectivity index (χ4n) is 1.39. The molecule has 1 aliphatic rings. The quantitative estimate of drug-likeness (QED) is 0.590. The minimum absolute atomic E-state index is 0.780. The van der Waals surface area contributed by atoms with Crippen LogP contribution in [0.15, 0.2) is 12.2 Å². The molecule has 0 aliphatic carbocycles. The van der Waals surface area contributed by atoms with Gasteiger partial charge in [0, 0.05) is 6.04 Å². The van der Waals surface area contributed by atoms with Gasteiger partial charge < -0.3 is 5.32 Å². The Labute approximate surface area is 63.5 Å². The Morgan fingerprint density at radius 3 is 3.00 bits per heavy atom. The normalized spacial score (nSPS) is 26.3. The van der Waals surface area contributed by atoms with Crippen molar-refractivity contribution in [2.45, 2.75) is 38.6 Å². The van der Waals surface area contributed by atoms with Crippen molar-refractivity contribution in [2.75, 3.05) is 6.54 Å². The highest BCUT2D eigenvalue weighted by molar-refractivity contribution is 4.87. The Hall–Kier alpha value is -0.300. The molecule has 1 rings (SSSR count). The molecule has 10 heavy (non-hydrogen) atoms. The largest absolute Gasteiger partial charge is 0.314 e. The summed E-state index contributed by atoms with van der Waals surface area (Å²) in [5, 5.41) is 3.46. The second-order valence-electron chi connectivity index (χ2n) is 2.91. The van der Waals surface area contributed by atoms with Crippen LogP contribution in [-0.4, -0.2) is 12.6 Å². The monoisotopic (exact) mass is 139 g/mol. The lowest BCUT2D eigenvalue weighted by Gasteiger charge is -2.04. The van der Waals surface area contributed by atoms with Gasteiger partial charge in [-0.1, -0.05) is 19.1 Å². The molecule has 0 aromatic rings. The fraction of sp³-hybridized carbons (Fsp3) is 0.778. The van der Waals surface area contributed by atoms with Crippen LogP contribution in [0.2, 0.25) is 0 Å². The first kappa shape index (κ1) is 7.80. The Kier molecular flexibility index (Phi) is 3.52. The van der Waals surface area contributed by atoms with E-state index in [9.17, 15) is 0 Å². The number of nitrogens with one attached hydrogen (secondary N) is 1. The van der Waals surface area contributed by atoms with Crippen LogP contribution in [0.1, 0.15) is 32.6 Å². The molecule has 1 heterocycles. The van der Waals surface area contributed by atoms with Crippen molar-refractivity contribution in [3.63, 3.8) is 0 Å². The third-order valence-electron chi connectivity index (χ3n) is 1.99. The summed E-state index contributed by atoms with van der Waals surface area (Å²) in [6.07, 6.45) is 9.68. The summed E-state index contributed by atoms with van der Waals surface area (Å²) < 4.78 is 0. The lowest BCUT2D eigenvalue weighted by Crippen LogP contribution is -2.19. The van der Waals surface area contributed by atoms with Crippen molar-refractivity contribution < 1.29 is 0 Å². The standard InChI is InChI=1S/C9H17N/c1-2-3-4-6-9-7-5-8-10-9/h3-4,9-10H,2,5-8H2,1H3/b4-3+. The van der Waals surface area contributed by atoms with Gasteiger partial charge in [-0.3, -0.25) is 0 Å². The maximum atomic E-state index is 3.46. The van der Waals surface area contributed by atoms with Crippen LogP contribution >= 0.6 is 0 Å². The molecule has 0 bridgehead atoms. The number of hydrogen-bond acceptors (Lipinski definition) is 1. The Balaban J connectivity index is 2.06. The Morgan fingerprint density at radius 1 is 1.50 bits per heavy atom. The second kappa shape index (κ2) is 4.51. The first-order chi connectivity index (χ1) is 4.93. The third kappa shape index (κ3) is 2.53. The van der Waals surface area contributed by atoms with Gasteiger partial charge in [-0.2, -0.15) is 0 Å². The molecule has 0 saturated carbocycles. The van der Waals surface area contributed by atoms with Gasteiger partial charge in [0.15, 0.2) is 0 Å². The summed E-state index contributed by atoms with van der Waals surface area (Å²) >= 11 is 0. The van der Waals surface area contributed by atoms with Gasteiger partial charge in [0.1, 0.15) is 0 Å². The maximum absolute atomic E-state index is 3.46. The van der Waals surface area contributed by atoms with Gasteiger partial charge in [-0.05, 0) is 32.2 Å². The van der Waals surface area contributed by atoms with Crippen LogP contribution in [-0.2, 0) is 0 Å². The topological polar surface area (TPSA) is 12.0 Å². The molecular formula is C9H17N. The summed E-state index contributed by atoms with van der Waals surface area (Å²) in [6.45, 7) is 3.41. The fourth-order valence-corrected chi connectivity index (χ4v) is 1.39. The molecule has 0 spiro atoms. The third-order valence-corrected chi connectivity index (χ3v) is 1.99. The highest BCUT2D eigenvalue weighted by Crippen LogP contribution is 2.08. The molecule has 1 saturated heterocycles. The molecule has 1 unspecified atom stereocenters. The average molecular weight is 139 g/mol. The summed E-state index contributed by atoms with van der Waals surface area (Å²) in [7, 11) is 0. The lowest BCUT2D eigenvalue weighted by atomic mass is 10.1. The van der Waals surface area contributed by atoms with E-state index in [-0.39, 0.29) is 0 Å². The van der Waals surface area contributed by atoms with Gasteiger partial charge in [-0.25, -0.2) is 0 Å². The number of rotatable bonds is 3. The predicted octanol–water partition coefficient (Wildman–Crippen LogP) is 2.09. The van der Waals surface area contributed by atoms with Crippen LogP contribution in [0.25, 0.3) is 0 Å². The van der Waals surface area contributed by atoms with E-state index in [1.807, 2.05) is 0 Å². The van der Waals surface area contributed by atoms with Crippen molar-refractivity contribution in [2.24, 2.45) is 0 Å². The average Bonchev–Trinajstić information content (AvgIpc) is 2.41. The van der Waals surface area contributed by atoms with Gasteiger partial charge in [0.05, 0.1) is 0 Å². The molecule has 0 aromatic heterocycles. The van der Waals surface area contributed by atoms with E-state index in [0.717, 1.165) is 6.04 Å². The SMILES string of the molecule is CC/C=C/CC1CCCN1. The summed E-state index contributed by atoms with van der Waals surface area (Å²) in [4.78, 5) is 0. The highest BCUT2D eigenvalue weighted by atomic mass is 14.9. The smallest absolute Gasteiger partial charge is 0.0102 e. The molecule has 1 aliphatic heterocycles. The van der Waals surface area contributed by atoms with Crippen molar-refractivity contribution in [3.05, 3.63) is 12.2 Å². The van der Waals surface area contributed by atoms with Crippen LogP contribution in [0.5, 0.6) is 0 Å². The maximum Gasteiger partial charge on any atom is 0.0102 e. The molecule has 0 radical (unpaired) electrons. The van der Waals surface area contributed by atoms with Gasteiger partial charge >= 0.3 is 0 Å². The van der Waals surface area contributed by atoms with E-state index >= 15 is 0 Å². The summed E-state index contributed by atoms with van der Waals surface area (Å²) in [6, 6.07) is 0.780. The van der Waals surface area contributed by atoms with Crippen molar-refractivity contribution in [1.82, 2.24) is 5.32 Å². The van der Waals surface area contributed by atoms with E-state index in [1.54, 1.807) is 0 Å². The number of hydrogen-bond donors (Lipinski definition) is 1. The molecule has 58 valence electrons. The van der Waals surface area contributed by atoms with Gasteiger partial charge in [0.25, 0.3) is 0 Å². The number of allylic oxidation sites excluding steroid dienone is 1. The van der Waals surface area contributed by atoms with Gasteiger partial charge in [0.2, 0.25) is 0 Å².